The van der Waals surface area contributed by atoms with Crippen molar-refractivity contribution >= 4 is 16.3 Å². The van der Waals surface area contributed by atoms with E-state index in [1.54, 1.807) is 16.0 Å². The molecule has 3 nitrogen and oxygen atoms in total. The third-order valence-electron chi connectivity index (χ3n) is 2.41. The van der Waals surface area contributed by atoms with Crippen LogP contribution in [0.25, 0.3) is 16.2 Å². The largest absolute Gasteiger partial charge is 0.369 e. The summed E-state index contributed by atoms with van der Waals surface area (Å²) >= 11 is 1.63. The van der Waals surface area contributed by atoms with E-state index in [0.717, 1.165) is 16.2 Å². The minimum absolute atomic E-state index is 1.03. The first-order chi connectivity index (χ1) is 7.36. The molecule has 15 heavy (non-hydrogen) atoms. The number of nitrogens with zero attached hydrogens (tertiary/aromatic N) is 2. The molecule has 74 valence electrons. The van der Waals surface area contributed by atoms with E-state index >= 15 is 0 Å². The zero-order valence-electron chi connectivity index (χ0n) is 8.00. The molecule has 0 aliphatic rings. The Bertz CT molecular complexity index is 595. The van der Waals surface area contributed by atoms with Gasteiger partial charge in [0.25, 0.3) is 0 Å². The Morgan fingerprint density at radius 1 is 1.20 bits per heavy atom. The molecule has 0 unspecified atom stereocenters. The van der Waals surface area contributed by atoms with Crippen molar-refractivity contribution in [2.45, 2.75) is 0 Å². The number of hydrogen-bond acceptors (Lipinski definition) is 2. The number of hydrogen-bond donors (Lipinski definition) is 1. The van der Waals surface area contributed by atoms with Gasteiger partial charge in [-0.1, -0.05) is 41.7 Å². The molecule has 3 rings (SSSR count). The molecule has 0 atom stereocenters. The molecule has 0 amide bonds. The Morgan fingerprint density at radius 2 is 2.00 bits per heavy atom. The van der Waals surface area contributed by atoms with Crippen LogP contribution in [0.15, 0.2) is 48.1 Å². The topological polar surface area (TPSA) is 35.0 Å². The predicted octanol–water partition coefficient (Wildman–Crippen LogP) is 1.67. The molecule has 0 aliphatic carbocycles. The highest BCUT2D eigenvalue weighted by molar-refractivity contribution is 7.14. The van der Waals surface area contributed by atoms with Gasteiger partial charge in [0.2, 0.25) is 5.69 Å². The first-order valence-electron chi connectivity index (χ1n) is 4.67. The highest BCUT2D eigenvalue weighted by Crippen LogP contribution is 2.19. The van der Waals surface area contributed by atoms with Gasteiger partial charge in [0.1, 0.15) is 12.4 Å². The Morgan fingerprint density at radius 3 is 2.73 bits per heavy atom. The summed E-state index contributed by atoms with van der Waals surface area (Å²) in [5.41, 5.74) is 2.17. The molecule has 2 aromatic heterocycles. The van der Waals surface area contributed by atoms with Crippen LogP contribution < -0.4 is 10.2 Å². The van der Waals surface area contributed by atoms with Crippen molar-refractivity contribution in [2.24, 2.45) is 0 Å². The molecule has 0 spiro atoms. The lowest BCUT2D eigenvalue weighted by molar-refractivity contribution is -0.505. The average molecular weight is 216 g/mol. The van der Waals surface area contributed by atoms with Crippen molar-refractivity contribution < 1.29 is 4.40 Å². The fraction of sp³-hybridized carbons (Fsp3) is 0. The van der Waals surface area contributed by atoms with Crippen LogP contribution in [-0.4, -0.2) is 4.68 Å². The van der Waals surface area contributed by atoms with Gasteiger partial charge in [-0.25, -0.2) is 0 Å². The van der Waals surface area contributed by atoms with Crippen molar-refractivity contribution in [1.29, 1.82) is 0 Å². The lowest BCUT2D eigenvalue weighted by Crippen LogP contribution is -2.16. The molecule has 2 heterocycles. The fourth-order valence-corrected chi connectivity index (χ4v) is 2.44. The first kappa shape index (κ1) is 8.49. The Labute approximate surface area is 91.0 Å². The van der Waals surface area contributed by atoms with E-state index < -0.39 is 0 Å². The summed E-state index contributed by atoms with van der Waals surface area (Å²) in [6.07, 6.45) is 4.05. The zero-order valence-corrected chi connectivity index (χ0v) is 8.82. The van der Waals surface area contributed by atoms with E-state index in [0.29, 0.717) is 0 Å². The SMILES string of the molecule is Nn1c(-c2ccccc2)c[n+]2ccsc12. The summed E-state index contributed by atoms with van der Waals surface area (Å²) in [7, 11) is 0. The van der Waals surface area contributed by atoms with Crippen molar-refractivity contribution in [1.82, 2.24) is 4.68 Å². The van der Waals surface area contributed by atoms with E-state index in [2.05, 4.69) is 12.1 Å². The number of rotatable bonds is 1. The predicted molar refractivity (Wildman–Crippen MR) is 61.1 cm³/mol. The number of thiazole rings is 1. The molecule has 0 aliphatic heterocycles. The van der Waals surface area contributed by atoms with Crippen LogP contribution in [0, 0.1) is 0 Å². The van der Waals surface area contributed by atoms with Gasteiger partial charge in [-0.15, -0.1) is 4.68 Å². The maximum absolute atomic E-state index is 6.02. The van der Waals surface area contributed by atoms with E-state index in [4.69, 9.17) is 5.84 Å². The molecule has 0 fully saturated rings. The maximum atomic E-state index is 6.02. The van der Waals surface area contributed by atoms with Crippen molar-refractivity contribution in [2.75, 3.05) is 5.84 Å². The molecule has 2 N–H and O–H groups in total. The van der Waals surface area contributed by atoms with Crippen LogP contribution in [0.2, 0.25) is 0 Å². The van der Waals surface area contributed by atoms with Crippen molar-refractivity contribution in [3.63, 3.8) is 0 Å². The standard InChI is InChI=1S/C11H10N3S/c12-14-10(9-4-2-1-3-5-9)8-13-6-7-15-11(13)14/h1-8H,12H2/q+1. The minimum Gasteiger partial charge on any atom is -0.267 e. The monoisotopic (exact) mass is 216 g/mol. The van der Waals surface area contributed by atoms with Crippen LogP contribution >= 0.6 is 11.3 Å². The van der Waals surface area contributed by atoms with E-state index in [9.17, 15) is 0 Å². The molecule has 0 bridgehead atoms. The lowest BCUT2D eigenvalue weighted by Gasteiger charge is -1.94. The van der Waals surface area contributed by atoms with Gasteiger partial charge in [-0.2, -0.15) is 4.40 Å². The zero-order chi connectivity index (χ0) is 10.3. The number of fused-ring (bicyclic) bond motifs is 1. The van der Waals surface area contributed by atoms with Gasteiger partial charge in [0.05, 0.1) is 0 Å². The smallest absolute Gasteiger partial charge is 0.267 e. The van der Waals surface area contributed by atoms with Crippen LogP contribution in [0.1, 0.15) is 0 Å². The van der Waals surface area contributed by atoms with Crippen LogP contribution in [0.5, 0.6) is 0 Å². The van der Waals surface area contributed by atoms with Gasteiger partial charge < -0.3 is 0 Å². The van der Waals surface area contributed by atoms with Crippen molar-refractivity contribution in [3.8, 4) is 11.3 Å². The van der Waals surface area contributed by atoms with E-state index in [-0.39, 0.29) is 0 Å². The summed E-state index contributed by atoms with van der Waals surface area (Å²) in [6, 6.07) is 10.1. The van der Waals surface area contributed by atoms with Gasteiger partial charge >= 0.3 is 4.96 Å². The molecule has 0 radical (unpaired) electrons. The maximum Gasteiger partial charge on any atom is 0.369 e. The van der Waals surface area contributed by atoms with Gasteiger partial charge in [-0.05, 0) is 0 Å². The Kier molecular flexibility index (Phi) is 1.76. The highest BCUT2D eigenvalue weighted by atomic mass is 32.1. The quantitative estimate of drug-likeness (QED) is 0.487. The molecular weight excluding hydrogens is 206 g/mol. The summed E-state index contributed by atoms with van der Waals surface area (Å²) in [6.45, 7) is 0. The van der Waals surface area contributed by atoms with Crippen molar-refractivity contribution in [3.05, 3.63) is 48.1 Å². The summed E-state index contributed by atoms with van der Waals surface area (Å²) in [4.78, 5) is 1.04. The van der Waals surface area contributed by atoms with Gasteiger partial charge in [0, 0.05) is 10.9 Å². The summed E-state index contributed by atoms with van der Waals surface area (Å²) in [5, 5.41) is 2.02. The fourth-order valence-electron chi connectivity index (χ4n) is 1.68. The molecule has 0 saturated carbocycles. The Balaban J connectivity index is 2.27. The summed E-state index contributed by atoms with van der Waals surface area (Å²) in [5.74, 6) is 6.02. The highest BCUT2D eigenvalue weighted by Gasteiger charge is 2.17. The number of benzene rings is 1. The summed E-state index contributed by atoms with van der Waals surface area (Å²) < 4.78 is 3.76. The third kappa shape index (κ3) is 1.22. The number of nitrogen functional groups attached to an aromatic ring is 1. The normalized spacial score (nSPS) is 10.9. The van der Waals surface area contributed by atoms with Crippen LogP contribution in [0.3, 0.4) is 0 Å². The Hall–Kier alpha value is -1.81. The third-order valence-corrected chi connectivity index (χ3v) is 3.29. The van der Waals surface area contributed by atoms with E-state index in [1.165, 1.54) is 0 Å². The van der Waals surface area contributed by atoms with Gasteiger partial charge in [-0.3, -0.25) is 5.84 Å². The van der Waals surface area contributed by atoms with E-state index in [1.807, 2.05) is 40.4 Å². The van der Waals surface area contributed by atoms with Gasteiger partial charge in [0.15, 0.2) is 0 Å². The minimum atomic E-state index is 1.03. The molecule has 4 heteroatoms. The number of imidazole rings is 1. The second kappa shape index (κ2) is 3.10. The van der Waals surface area contributed by atoms with Crippen LogP contribution in [0.4, 0.5) is 0 Å². The molecular formula is C11H10N3S+. The molecule has 1 aromatic carbocycles. The number of nitrogens with two attached hydrogens (primary N) is 1. The molecule has 3 aromatic rings. The second-order valence-electron chi connectivity index (χ2n) is 3.34. The molecule has 0 saturated heterocycles. The second-order valence-corrected chi connectivity index (χ2v) is 4.22. The lowest BCUT2D eigenvalue weighted by atomic mass is 10.2. The average Bonchev–Trinajstić information content (AvgIpc) is 2.83. The first-order valence-corrected chi connectivity index (χ1v) is 5.55. The van der Waals surface area contributed by atoms with Crippen LogP contribution in [-0.2, 0) is 0 Å². The number of aromatic nitrogens is 2.